The fourth-order valence-electron chi connectivity index (χ4n) is 2.13. The molecule has 2 heterocycles. The first-order valence-corrected chi connectivity index (χ1v) is 6.78. The molecule has 0 aromatic carbocycles. The second kappa shape index (κ2) is 5.07. The van der Waals surface area contributed by atoms with Gasteiger partial charge in [-0.05, 0) is 25.7 Å². The van der Waals surface area contributed by atoms with Crippen LogP contribution in [0.5, 0.6) is 0 Å². The zero-order valence-corrected chi connectivity index (χ0v) is 11.9. The van der Waals surface area contributed by atoms with Crippen molar-refractivity contribution < 1.29 is 4.74 Å². The van der Waals surface area contributed by atoms with Crippen molar-refractivity contribution in [3.8, 4) is 0 Å². The molecule has 0 amide bonds. The number of rotatable bonds is 2. The Balaban J connectivity index is 2.13. The summed E-state index contributed by atoms with van der Waals surface area (Å²) >= 11 is 9.94. The summed E-state index contributed by atoms with van der Waals surface area (Å²) in [4.78, 5) is 0.525. The van der Waals surface area contributed by atoms with Crippen LogP contribution < -0.4 is 0 Å². The molecule has 0 saturated carbocycles. The predicted octanol–water partition coefficient (Wildman–Crippen LogP) is 2.72. The summed E-state index contributed by atoms with van der Waals surface area (Å²) in [6, 6.07) is 0. The van der Waals surface area contributed by atoms with E-state index in [0.29, 0.717) is 10.7 Å². The number of aromatic nitrogens is 2. The van der Waals surface area contributed by atoms with Gasteiger partial charge in [-0.3, -0.25) is 4.68 Å². The van der Waals surface area contributed by atoms with Crippen molar-refractivity contribution in [2.45, 2.75) is 24.6 Å². The number of aryl methyl sites for hydroxylation is 2. The van der Waals surface area contributed by atoms with Gasteiger partial charge >= 0.3 is 0 Å². The first kappa shape index (κ1) is 12.4. The third kappa shape index (κ3) is 2.44. The second-order valence-corrected chi connectivity index (χ2v) is 5.86. The Morgan fingerprint density at radius 3 is 2.94 bits per heavy atom. The predicted molar refractivity (Wildman–Crippen MR) is 68.3 cm³/mol. The average molecular weight is 308 g/mol. The maximum Gasteiger partial charge on any atom is 0.130 e. The van der Waals surface area contributed by atoms with Gasteiger partial charge in [-0.15, -0.1) is 0 Å². The standard InChI is InChI=1S/C11H16BrClN2O/c1-7-9(11(13)15(2)14-7)5-8-6-16-4-3-10(8)12/h8,10H,3-6H2,1-2H3. The van der Waals surface area contributed by atoms with Crippen molar-refractivity contribution >= 4 is 27.5 Å². The van der Waals surface area contributed by atoms with Gasteiger partial charge in [0.05, 0.1) is 12.3 Å². The minimum atomic E-state index is 0.495. The molecule has 2 rings (SSSR count). The van der Waals surface area contributed by atoms with E-state index < -0.39 is 0 Å². The summed E-state index contributed by atoms with van der Waals surface area (Å²) in [6.45, 7) is 3.67. The van der Waals surface area contributed by atoms with Gasteiger partial charge in [-0.25, -0.2) is 0 Å². The Morgan fingerprint density at radius 1 is 1.62 bits per heavy atom. The highest BCUT2D eigenvalue weighted by Gasteiger charge is 2.26. The van der Waals surface area contributed by atoms with Gasteiger partial charge in [0, 0.05) is 24.0 Å². The maximum absolute atomic E-state index is 6.23. The summed E-state index contributed by atoms with van der Waals surface area (Å²) in [6.07, 6.45) is 2.01. The minimum Gasteiger partial charge on any atom is -0.381 e. The zero-order valence-electron chi connectivity index (χ0n) is 9.54. The molecular formula is C11H16BrClN2O. The Kier molecular flexibility index (Phi) is 3.93. The molecule has 0 spiro atoms. The summed E-state index contributed by atoms with van der Waals surface area (Å²) in [5.74, 6) is 0.495. The smallest absolute Gasteiger partial charge is 0.130 e. The van der Waals surface area contributed by atoms with Crippen molar-refractivity contribution in [1.82, 2.24) is 9.78 Å². The van der Waals surface area contributed by atoms with Crippen LogP contribution in [0, 0.1) is 12.8 Å². The molecule has 2 atom stereocenters. The molecule has 0 N–H and O–H groups in total. The molecular weight excluding hydrogens is 291 g/mol. The number of ether oxygens (including phenoxy) is 1. The van der Waals surface area contributed by atoms with E-state index in [2.05, 4.69) is 21.0 Å². The van der Waals surface area contributed by atoms with Crippen LogP contribution in [0.2, 0.25) is 5.15 Å². The van der Waals surface area contributed by atoms with Crippen molar-refractivity contribution in [1.29, 1.82) is 0 Å². The van der Waals surface area contributed by atoms with E-state index in [4.69, 9.17) is 16.3 Å². The van der Waals surface area contributed by atoms with Crippen LogP contribution in [-0.4, -0.2) is 27.8 Å². The van der Waals surface area contributed by atoms with Gasteiger partial charge in [0.2, 0.25) is 0 Å². The van der Waals surface area contributed by atoms with E-state index in [1.807, 2.05) is 14.0 Å². The van der Waals surface area contributed by atoms with Crippen LogP contribution in [0.25, 0.3) is 0 Å². The molecule has 1 aromatic heterocycles. The normalized spacial score (nSPS) is 26.0. The number of hydrogen-bond acceptors (Lipinski definition) is 2. The lowest BCUT2D eigenvalue weighted by Crippen LogP contribution is -2.29. The Hall–Kier alpha value is -0.0600. The van der Waals surface area contributed by atoms with E-state index in [9.17, 15) is 0 Å². The third-order valence-corrected chi connectivity index (χ3v) is 4.80. The zero-order chi connectivity index (χ0) is 11.7. The van der Waals surface area contributed by atoms with Crippen LogP contribution >= 0.6 is 27.5 Å². The molecule has 1 fully saturated rings. The van der Waals surface area contributed by atoms with Crippen LogP contribution in [0.1, 0.15) is 17.7 Å². The van der Waals surface area contributed by atoms with E-state index >= 15 is 0 Å². The molecule has 1 aromatic rings. The number of alkyl halides is 1. The number of halogens is 2. The maximum atomic E-state index is 6.23. The lowest BCUT2D eigenvalue weighted by Gasteiger charge is -2.27. The average Bonchev–Trinajstić information content (AvgIpc) is 2.48. The van der Waals surface area contributed by atoms with Gasteiger partial charge in [0.15, 0.2) is 0 Å². The molecule has 0 bridgehead atoms. The molecule has 0 aliphatic carbocycles. The second-order valence-electron chi connectivity index (χ2n) is 4.32. The number of hydrogen-bond donors (Lipinski definition) is 0. The molecule has 1 aliphatic rings. The van der Waals surface area contributed by atoms with Gasteiger partial charge in [0.1, 0.15) is 5.15 Å². The van der Waals surface area contributed by atoms with E-state index in [1.165, 1.54) is 0 Å². The quantitative estimate of drug-likeness (QED) is 0.786. The monoisotopic (exact) mass is 306 g/mol. The van der Waals surface area contributed by atoms with E-state index in [0.717, 1.165) is 42.5 Å². The van der Waals surface area contributed by atoms with Crippen molar-refractivity contribution in [2.75, 3.05) is 13.2 Å². The van der Waals surface area contributed by atoms with Gasteiger partial charge in [-0.1, -0.05) is 27.5 Å². The third-order valence-electron chi connectivity index (χ3n) is 3.12. The first-order chi connectivity index (χ1) is 7.59. The molecule has 1 saturated heterocycles. The fraction of sp³-hybridized carbons (Fsp3) is 0.727. The van der Waals surface area contributed by atoms with Crippen LogP contribution in [0.3, 0.4) is 0 Å². The van der Waals surface area contributed by atoms with Crippen LogP contribution in [0.15, 0.2) is 0 Å². The van der Waals surface area contributed by atoms with Gasteiger partial charge < -0.3 is 4.74 Å². The highest BCUT2D eigenvalue weighted by molar-refractivity contribution is 9.09. The van der Waals surface area contributed by atoms with Crippen molar-refractivity contribution in [3.63, 3.8) is 0 Å². The topological polar surface area (TPSA) is 27.1 Å². The highest BCUT2D eigenvalue weighted by atomic mass is 79.9. The minimum absolute atomic E-state index is 0.495. The van der Waals surface area contributed by atoms with Gasteiger partial charge in [0.25, 0.3) is 0 Å². The lowest BCUT2D eigenvalue weighted by atomic mass is 9.94. The molecule has 2 unspecified atom stereocenters. The largest absolute Gasteiger partial charge is 0.381 e. The fourth-order valence-corrected chi connectivity index (χ4v) is 2.90. The molecule has 90 valence electrons. The summed E-state index contributed by atoms with van der Waals surface area (Å²) in [5.41, 5.74) is 2.18. The first-order valence-electron chi connectivity index (χ1n) is 5.49. The molecule has 0 radical (unpaired) electrons. The van der Waals surface area contributed by atoms with E-state index in [1.54, 1.807) is 4.68 Å². The molecule has 1 aliphatic heterocycles. The summed E-state index contributed by atoms with van der Waals surface area (Å²) in [5, 5.41) is 5.08. The molecule has 5 heteroatoms. The van der Waals surface area contributed by atoms with Gasteiger partial charge in [-0.2, -0.15) is 5.10 Å². The Bertz CT molecular complexity index is 380. The molecule has 16 heavy (non-hydrogen) atoms. The number of nitrogens with zero attached hydrogens (tertiary/aromatic N) is 2. The SMILES string of the molecule is Cc1nn(C)c(Cl)c1CC1COCCC1Br. The summed E-state index contributed by atoms with van der Waals surface area (Å²) < 4.78 is 7.25. The Labute approximate surface area is 109 Å². The summed E-state index contributed by atoms with van der Waals surface area (Å²) in [7, 11) is 1.88. The lowest BCUT2D eigenvalue weighted by molar-refractivity contribution is 0.0605. The van der Waals surface area contributed by atoms with Crippen molar-refractivity contribution in [2.24, 2.45) is 13.0 Å². The van der Waals surface area contributed by atoms with Crippen LogP contribution in [0.4, 0.5) is 0 Å². The van der Waals surface area contributed by atoms with E-state index in [-0.39, 0.29) is 0 Å². The van der Waals surface area contributed by atoms with Crippen LogP contribution in [-0.2, 0) is 18.2 Å². The molecule has 3 nitrogen and oxygen atoms in total. The highest BCUT2D eigenvalue weighted by Crippen LogP contribution is 2.29. The van der Waals surface area contributed by atoms with Crippen molar-refractivity contribution in [3.05, 3.63) is 16.4 Å². The Morgan fingerprint density at radius 2 is 2.38 bits per heavy atom.